The molecule has 5 nitrogen and oxygen atoms in total. The quantitative estimate of drug-likeness (QED) is 0.633. The van der Waals surface area contributed by atoms with Crippen LogP contribution in [0.25, 0.3) is 0 Å². The van der Waals surface area contributed by atoms with E-state index in [0.29, 0.717) is 24.2 Å². The van der Waals surface area contributed by atoms with E-state index in [1.165, 1.54) is 43.4 Å². The van der Waals surface area contributed by atoms with E-state index in [1.54, 1.807) is 0 Å². The van der Waals surface area contributed by atoms with Crippen molar-refractivity contribution in [2.45, 2.75) is 84.3 Å². The molecule has 4 N–H and O–H groups in total. The monoisotopic (exact) mass is 335 g/mol. The molecule has 0 bridgehead atoms. The van der Waals surface area contributed by atoms with Crippen molar-refractivity contribution < 1.29 is 0 Å². The average molecular weight is 336 g/mol. The summed E-state index contributed by atoms with van der Waals surface area (Å²) in [5.41, 5.74) is 2.74. The fourth-order valence-corrected chi connectivity index (χ4v) is 4.22. The number of nitrogens with one attached hydrogen (secondary N) is 4. The van der Waals surface area contributed by atoms with E-state index in [4.69, 9.17) is 0 Å². The first-order chi connectivity index (χ1) is 11.5. The Kier molecular flexibility index (Phi) is 6.19. The van der Waals surface area contributed by atoms with Gasteiger partial charge in [-0.15, -0.1) is 0 Å². The van der Waals surface area contributed by atoms with E-state index >= 15 is 0 Å². The van der Waals surface area contributed by atoms with E-state index < -0.39 is 0 Å². The van der Waals surface area contributed by atoms with E-state index in [0.717, 1.165) is 19.6 Å². The maximum Gasteiger partial charge on any atom is 0.136 e. The molecule has 1 saturated heterocycles. The van der Waals surface area contributed by atoms with Gasteiger partial charge in [-0.25, -0.2) is 0 Å². The molecule has 0 aromatic rings. The topological polar surface area (TPSA) is 51.4 Å². The van der Waals surface area contributed by atoms with Crippen molar-refractivity contribution in [3.63, 3.8) is 0 Å². The Hall–Kier alpha value is -0.620. The van der Waals surface area contributed by atoms with E-state index in [1.807, 2.05) is 0 Å². The van der Waals surface area contributed by atoms with Gasteiger partial charge < -0.3 is 10.6 Å². The van der Waals surface area contributed by atoms with Gasteiger partial charge in [-0.1, -0.05) is 33.1 Å². The van der Waals surface area contributed by atoms with Crippen molar-refractivity contribution >= 4 is 0 Å². The third-order valence-electron chi connectivity index (χ3n) is 6.12. The van der Waals surface area contributed by atoms with Crippen LogP contribution in [0, 0.1) is 5.92 Å². The number of allylic oxidation sites excluding steroid dienone is 1. The van der Waals surface area contributed by atoms with Gasteiger partial charge >= 0.3 is 0 Å². The number of nitrogens with zero attached hydrogens (tertiary/aromatic N) is 1. The Bertz CT molecular complexity index is 441. The summed E-state index contributed by atoms with van der Waals surface area (Å²) in [5.74, 6) is 0.672. The fourth-order valence-electron chi connectivity index (χ4n) is 4.22. The SMILES string of the molecule is CC1=C(C)C(NC2CCCCC2)NC(N2CCNC(C(C)C)C2)N1. The number of hydrogen-bond acceptors (Lipinski definition) is 5. The summed E-state index contributed by atoms with van der Waals surface area (Å²) < 4.78 is 0. The highest BCUT2D eigenvalue weighted by Crippen LogP contribution is 2.21. The van der Waals surface area contributed by atoms with Crippen molar-refractivity contribution in [1.82, 2.24) is 26.2 Å². The van der Waals surface area contributed by atoms with Gasteiger partial charge in [-0.3, -0.25) is 15.5 Å². The standard InChI is InChI=1S/C19H37N5/c1-13(2)17-12-24(11-10-20-17)19-21-15(4)14(3)18(23-19)22-16-8-6-5-7-9-16/h13,16-23H,5-12H2,1-4H3. The highest BCUT2D eigenvalue weighted by atomic mass is 15.4. The van der Waals surface area contributed by atoms with Crippen LogP contribution in [0.3, 0.4) is 0 Å². The molecule has 1 saturated carbocycles. The fraction of sp³-hybridized carbons (Fsp3) is 0.895. The molecule has 1 aliphatic carbocycles. The molecular weight excluding hydrogens is 298 g/mol. The predicted octanol–water partition coefficient (Wildman–Crippen LogP) is 1.93. The second kappa shape index (κ2) is 8.17. The summed E-state index contributed by atoms with van der Waals surface area (Å²) in [4.78, 5) is 2.56. The van der Waals surface area contributed by atoms with Crippen LogP contribution in [-0.4, -0.2) is 49.1 Å². The second-order valence-electron chi connectivity index (χ2n) is 8.26. The van der Waals surface area contributed by atoms with Gasteiger partial charge in [0.15, 0.2) is 0 Å². The first-order valence-corrected chi connectivity index (χ1v) is 9.98. The molecular formula is C19H37N5. The van der Waals surface area contributed by atoms with Gasteiger partial charge in [-0.05, 0) is 38.2 Å². The Balaban J connectivity index is 1.63. The zero-order valence-electron chi connectivity index (χ0n) is 16.0. The Morgan fingerprint density at radius 3 is 2.58 bits per heavy atom. The molecule has 24 heavy (non-hydrogen) atoms. The van der Waals surface area contributed by atoms with Crippen molar-refractivity contribution in [3.05, 3.63) is 11.3 Å². The van der Waals surface area contributed by atoms with E-state index in [-0.39, 0.29) is 6.29 Å². The first kappa shape index (κ1) is 18.2. The Labute approximate surface area is 148 Å². The summed E-state index contributed by atoms with van der Waals surface area (Å²) in [5, 5.41) is 15.1. The van der Waals surface area contributed by atoms with Crippen LogP contribution in [0.5, 0.6) is 0 Å². The molecule has 0 radical (unpaired) electrons. The highest BCUT2D eigenvalue weighted by molar-refractivity contribution is 5.18. The first-order valence-electron chi connectivity index (χ1n) is 9.98. The summed E-state index contributed by atoms with van der Waals surface area (Å²) in [6.45, 7) is 12.4. The van der Waals surface area contributed by atoms with Gasteiger partial charge in [0.25, 0.3) is 0 Å². The highest BCUT2D eigenvalue weighted by Gasteiger charge is 2.32. The Morgan fingerprint density at radius 2 is 1.88 bits per heavy atom. The molecule has 2 fully saturated rings. The van der Waals surface area contributed by atoms with E-state index in [2.05, 4.69) is 53.9 Å². The third kappa shape index (κ3) is 4.31. The normalized spacial score (nSPS) is 33.8. The van der Waals surface area contributed by atoms with Crippen molar-refractivity contribution in [2.75, 3.05) is 19.6 Å². The Morgan fingerprint density at radius 1 is 1.12 bits per heavy atom. The number of rotatable bonds is 4. The maximum absolute atomic E-state index is 3.89. The van der Waals surface area contributed by atoms with Crippen molar-refractivity contribution in [1.29, 1.82) is 0 Å². The van der Waals surface area contributed by atoms with Crippen LogP contribution < -0.4 is 21.3 Å². The van der Waals surface area contributed by atoms with Crippen LogP contribution in [0.15, 0.2) is 11.3 Å². The largest absolute Gasteiger partial charge is 0.361 e. The predicted molar refractivity (Wildman–Crippen MR) is 100 cm³/mol. The summed E-state index contributed by atoms with van der Waals surface area (Å²) in [7, 11) is 0. The molecule has 3 rings (SSSR count). The van der Waals surface area contributed by atoms with Crippen LogP contribution >= 0.6 is 0 Å². The minimum absolute atomic E-state index is 0.234. The minimum Gasteiger partial charge on any atom is -0.361 e. The summed E-state index contributed by atoms with van der Waals surface area (Å²) >= 11 is 0. The van der Waals surface area contributed by atoms with Crippen LogP contribution in [0.1, 0.15) is 59.8 Å². The zero-order chi connectivity index (χ0) is 17.1. The molecule has 138 valence electrons. The van der Waals surface area contributed by atoms with Gasteiger partial charge in [-0.2, -0.15) is 0 Å². The average Bonchev–Trinajstić information content (AvgIpc) is 2.59. The molecule has 2 aliphatic heterocycles. The van der Waals surface area contributed by atoms with Gasteiger partial charge in [0.1, 0.15) is 6.29 Å². The van der Waals surface area contributed by atoms with Gasteiger partial charge in [0, 0.05) is 37.4 Å². The number of hydrogen-bond donors (Lipinski definition) is 4. The maximum atomic E-state index is 3.89. The van der Waals surface area contributed by atoms with Gasteiger partial charge in [0.05, 0.1) is 6.17 Å². The van der Waals surface area contributed by atoms with Gasteiger partial charge in [0.2, 0.25) is 0 Å². The van der Waals surface area contributed by atoms with Crippen LogP contribution in [0.4, 0.5) is 0 Å². The molecule has 5 heteroatoms. The lowest BCUT2D eigenvalue weighted by atomic mass is 9.94. The molecule has 0 amide bonds. The number of piperazine rings is 1. The van der Waals surface area contributed by atoms with Crippen LogP contribution in [0.2, 0.25) is 0 Å². The molecule has 0 aromatic heterocycles. The summed E-state index contributed by atoms with van der Waals surface area (Å²) in [6.07, 6.45) is 7.34. The van der Waals surface area contributed by atoms with Crippen molar-refractivity contribution in [2.24, 2.45) is 5.92 Å². The van der Waals surface area contributed by atoms with Crippen molar-refractivity contribution in [3.8, 4) is 0 Å². The minimum atomic E-state index is 0.234. The zero-order valence-corrected chi connectivity index (χ0v) is 16.0. The molecule has 3 aliphatic rings. The van der Waals surface area contributed by atoms with E-state index in [9.17, 15) is 0 Å². The lowest BCUT2D eigenvalue weighted by molar-refractivity contribution is 0.0745. The molecule has 3 unspecified atom stereocenters. The lowest BCUT2D eigenvalue weighted by Gasteiger charge is -2.45. The van der Waals surface area contributed by atoms with Crippen LogP contribution in [-0.2, 0) is 0 Å². The molecule has 3 atom stereocenters. The second-order valence-corrected chi connectivity index (χ2v) is 8.26. The molecule has 0 spiro atoms. The molecule has 0 aromatic carbocycles. The lowest BCUT2D eigenvalue weighted by Crippen LogP contribution is -2.68. The third-order valence-corrected chi connectivity index (χ3v) is 6.12. The summed E-state index contributed by atoms with van der Waals surface area (Å²) in [6, 6.07) is 1.25. The smallest absolute Gasteiger partial charge is 0.136 e. The molecule has 2 heterocycles.